The van der Waals surface area contributed by atoms with Gasteiger partial charge in [0.15, 0.2) is 5.96 Å². The van der Waals surface area contributed by atoms with Gasteiger partial charge < -0.3 is 20.9 Å². The Morgan fingerprint density at radius 1 is 1.08 bits per heavy atom. The molecule has 0 atom stereocenters. The Morgan fingerprint density at radius 2 is 1.75 bits per heavy atom. The van der Waals surface area contributed by atoms with E-state index in [1.165, 1.54) is 0 Å². The minimum Gasteiger partial charge on any atom is -0.457 e. The molecule has 2 aromatic rings. The number of nitrogens with zero attached hydrogens (tertiary/aromatic N) is 1. The van der Waals surface area contributed by atoms with E-state index in [4.69, 9.17) is 10.5 Å². The molecule has 0 saturated heterocycles. The van der Waals surface area contributed by atoms with Crippen molar-refractivity contribution in [2.24, 2.45) is 10.7 Å². The van der Waals surface area contributed by atoms with Gasteiger partial charge in [-0.1, -0.05) is 38.1 Å². The van der Waals surface area contributed by atoms with Crippen LogP contribution in [0.4, 0.5) is 5.69 Å². The summed E-state index contributed by atoms with van der Waals surface area (Å²) in [7, 11) is 0. The highest BCUT2D eigenvalue weighted by Crippen LogP contribution is 2.23. The predicted octanol–water partition coefficient (Wildman–Crippen LogP) is 3.76. The Labute approximate surface area is 143 Å². The number of hydrogen-bond acceptors (Lipinski definition) is 3. The molecule has 0 amide bonds. The highest BCUT2D eigenvalue weighted by Gasteiger charge is 2.21. The number of anilines is 1. The van der Waals surface area contributed by atoms with Crippen LogP contribution >= 0.6 is 0 Å². The van der Waals surface area contributed by atoms with Gasteiger partial charge in [0.1, 0.15) is 11.5 Å². The summed E-state index contributed by atoms with van der Waals surface area (Å²) in [5, 5.41) is 13.3. The van der Waals surface area contributed by atoms with Crippen LogP contribution in [0.15, 0.2) is 59.6 Å². The molecule has 0 saturated carbocycles. The summed E-state index contributed by atoms with van der Waals surface area (Å²) in [5.74, 6) is 1.75. The van der Waals surface area contributed by atoms with Crippen LogP contribution in [0.25, 0.3) is 0 Å². The monoisotopic (exact) mass is 327 g/mol. The lowest BCUT2D eigenvalue weighted by molar-refractivity contribution is 0.0419. The van der Waals surface area contributed by atoms with Crippen molar-refractivity contribution in [3.8, 4) is 11.5 Å². The number of benzene rings is 2. The molecule has 128 valence electrons. The summed E-state index contributed by atoms with van der Waals surface area (Å²) in [6.45, 7) is 4.15. The zero-order valence-corrected chi connectivity index (χ0v) is 14.2. The zero-order chi connectivity index (χ0) is 17.4. The third-order valence-corrected chi connectivity index (χ3v) is 3.95. The van der Waals surface area contributed by atoms with Crippen LogP contribution in [0.3, 0.4) is 0 Å². The van der Waals surface area contributed by atoms with Gasteiger partial charge in [-0.05, 0) is 37.1 Å². The van der Waals surface area contributed by atoms with Gasteiger partial charge in [0, 0.05) is 11.8 Å². The second-order valence-corrected chi connectivity index (χ2v) is 5.70. The summed E-state index contributed by atoms with van der Waals surface area (Å²) in [6.07, 6.45) is 1.28. The second kappa shape index (κ2) is 8.36. The van der Waals surface area contributed by atoms with E-state index in [2.05, 4.69) is 10.3 Å². The Balaban J connectivity index is 2.01. The first kappa shape index (κ1) is 17.8. The lowest BCUT2D eigenvalue weighted by atomic mass is 9.98. The van der Waals surface area contributed by atoms with Gasteiger partial charge in [0.05, 0.1) is 12.1 Å². The van der Waals surface area contributed by atoms with Crippen LogP contribution in [0.1, 0.15) is 26.7 Å². The number of aliphatic imine (C=N–C) groups is 1. The molecule has 0 radical (unpaired) electrons. The summed E-state index contributed by atoms with van der Waals surface area (Å²) in [4.78, 5) is 4.24. The Kier molecular flexibility index (Phi) is 6.21. The maximum absolute atomic E-state index is 10.2. The molecule has 0 aliphatic rings. The first-order valence-electron chi connectivity index (χ1n) is 8.17. The van der Waals surface area contributed by atoms with Crippen LogP contribution < -0.4 is 15.8 Å². The van der Waals surface area contributed by atoms with Crippen molar-refractivity contribution < 1.29 is 9.84 Å². The number of para-hydroxylation sites is 1. The topological polar surface area (TPSA) is 79.9 Å². The van der Waals surface area contributed by atoms with Gasteiger partial charge in [-0.2, -0.15) is 0 Å². The van der Waals surface area contributed by atoms with Gasteiger partial charge in [-0.25, -0.2) is 0 Å². The van der Waals surface area contributed by atoms with Crippen LogP contribution in [0, 0.1) is 0 Å². The first-order valence-corrected chi connectivity index (χ1v) is 8.17. The maximum atomic E-state index is 10.2. The number of guanidine groups is 1. The fourth-order valence-corrected chi connectivity index (χ4v) is 2.16. The summed E-state index contributed by atoms with van der Waals surface area (Å²) >= 11 is 0. The molecule has 5 heteroatoms. The van der Waals surface area contributed by atoms with E-state index in [-0.39, 0.29) is 12.5 Å². The first-order chi connectivity index (χ1) is 11.5. The smallest absolute Gasteiger partial charge is 0.193 e. The molecule has 2 aromatic carbocycles. The van der Waals surface area contributed by atoms with E-state index in [9.17, 15) is 5.11 Å². The van der Waals surface area contributed by atoms with Crippen molar-refractivity contribution in [3.63, 3.8) is 0 Å². The Bertz CT molecular complexity index is 667. The minimum atomic E-state index is -0.801. The molecule has 0 aromatic heterocycles. The van der Waals surface area contributed by atoms with E-state index >= 15 is 0 Å². The van der Waals surface area contributed by atoms with Crippen molar-refractivity contribution >= 4 is 11.6 Å². The number of nitrogens with two attached hydrogens (primary N) is 1. The maximum Gasteiger partial charge on any atom is 0.193 e. The standard InChI is InChI=1S/C19H25N3O2/c1-3-19(23,4-2)14-21-18(20)22-15-9-8-12-17(13-15)24-16-10-6-5-7-11-16/h5-13,23H,3-4,14H2,1-2H3,(H3,20,21,22). The Morgan fingerprint density at radius 3 is 2.42 bits per heavy atom. The SMILES string of the molecule is CCC(O)(CC)CN=C(N)Nc1cccc(Oc2ccccc2)c1. The van der Waals surface area contributed by atoms with Crippen LogP contribution in [-0.4, -0.2) is 23.2 Å². The predicted molar refractivity (Wildman–Crippen MR) is 98.6 cm³/mol. The normalized spacial score (nSPS) is 12.0. The molecule has 0 fully saturated rings. The second-order valence-electron chi connectivity index (χ2n) is 5.70. The van der Waals surface area contributed by atoms with Crippen LogP contribution in [-0.2, 0) is 0 Å². The largest absolute Gasteiger partial charge is 0.457 e. The van der Waals surface area contributed by atoms with Crippen molar-refractivity contribution in [3.05, 3.63) is 54.6 Å². The van der Waals surface area contributed by atoms with E-state index in [1.54, 1.807) is 0 Å². The summed E-state index contributed by atoms with van der Waals surface area (Å²) in [6, 6.07) is 17.1. The number of ether oxygens (including phenoxy) is 1. The lowest BCUT2D eigenvalue weighted by Crippen LogP contribution is -2.33. The molecule has 0 spiro atoms. The van der Waals surface area contributed by atoms with E-state index in [0.29, 0.717) is 18.6 Å². The zero-order valence-electron chi connectivity index (χ0n) is 14.2. The highest BCUT2D eigenvalue weighted by molar-refractivity contribution is 5.92. The number of nitrogens with one attached hydrogen (secondary N) is 1. The molecule has 0 heterocycles. The molecule has 24 heavy (non-hydrogen) atoms. The average molecular weight is 327 g/mol. The van der Waals surface area contributed by atoms with Gasteiger partial charge in [0.25, 0.3) is 0 Å². The lowest BCUT2D eigenvalue weighted by Gasteiger charge is -2.22. The third-order valence-electron chi connectivity index (χ3n) is 3.95. The van der Waals surface area contributed by atoms with Gasteiger partial charge >= 0.3 is 0 Å². The summed E-state index contributed by atoms with van der Waals surface area (Å²) in [5.41, 5.74) is 5.89. The minimum absolute atomic E-state index is 0.271. The van der Waals surface area contributed by atoms with Gasteiger partial charge in [0.2, 0.25) is 0 Å². The van der Waals surface area contributed by atoms with E-state index < -0.39 is 5.60 Å². The molecule has 0 aliphatic carbocycles. The molecule has 0 unspecified atom stereocenters. The van der Waals surface area contributed by atoms with Gasteiger partial charge in [-0.15, -0.1) is 0 Å². The Hall–Kier alpha value is -2.53. The number of hydrogen-bond donors (Lipinski definition) is 3. The molecule has 5 nitrogen and oxygen atoms in total. The van der Waals surface area contributed by atoms with Crippen molar-refractivity contribution in [1.82, 2.24) is 0 Å². The van der Waals surface area contributed by atoms with Crippen molar-refractivity contribution in [1.29, 1.82) is 0 Å². The van der Waals surface area contributed by atoms with Crippen LogP contribution in [0.2, 0.25) is 0 Å². The fourth-order valence-electron chi connectivity index (χ4n) is 2.16. The number of aliphatic hydroxyl groups is 1. The van der Waals surface area contributed by atoms with Crippen molar-refractivity contribution in [2.75, 3.05) is 11.9 Å². The van der Waals surface area contributed by atoms with Crippen molar-refractivity contribution in [2.45, 2.75) is 32.3 Å². The van der Waals surface area contributed by atoms with Gasteiger partial charge in [-0.3, -0.25) is 4.99 Å². The molecule has 4 N–H and O–H groups in total. The molecule has 2 rings (SSSR count). The highest BCUT2D eigenvalue weighted by atomic mass is 16.5. The van der Waals surface area contributed by atoms with Crippen LogP contribution in [0.5, 0.6) is 11.5 Å². The molecular formula is C19H25N3O2. The average Bonchev–Trinajstić information content (AvgIpc) is 2.61. The molecule has 0 aliphatic heterocycles. The summed E-state index contributed by atoms with van der Waals surface area (Å²) < 4.78 is 5.79. The molecule has 0 bridgehead atoms. The number of rotatable bonds is 7. The molecular weight excluding hydrogens is 302 g/mol. The third kappa shape index (κ3) is 5.28. The quantitative estimate of drug-likeness (QED) is 0.534. The fraction of sp³-hybridized carbons (Fsp3) is 0.316. The van der Waals surface area contributed by atoms with E-state index in [1.807, 2.05) is 68.4 Å². The van der Waals surface area contributed by atoms with E-state index in [0.717, 1.165) is 11.4 Å².